The molecule has 96 valence electrons. The molecule has 0 atom stereocenters. The molecule has 1 N–H and O–H groups in total. The van der Waals surface area contributed by atoms with Gasteiger partial charge in [-0.25, -0.2) is 4.79 Å². The summed E-state index contributed by atoms with van der Waals surface area (Å²) in [5, 5.41) is 21.4. The van der Waals surface area contributed by atoms with Gasteiger partial charge in [0.05, 0.1) is 11.8 Å². The maximum Gasteiger partial charge on any atom is 0.329 e. The monoisotopic (exact) mass is 249 g/mol. The second-order valence-corrected chi connectivity index (χ2v) is 4.67. The molecule has 7 heteroatoms. The Morgan fingerprint density at radius 2 is 2.06 bits per heavy atom. The number of aliphatic carboxylic acids is 1. The minimum Gasteiger partial charge on any atom is -0.480 e. The molecular weight excluding hydrogens is 234 g/mol. The predicted octanol–water partition coefficient (Wildman–Crippen LogP) is 0.807. The first kappa shape index (κ1) is 12.3. The van der Waals surface area contributed by atoms with Crippen LogP contribution in [0.5, 0.6) is 0 Å². The third-order valence-electron chi connectivity index (χ3n) is 2.87. The fourth-order valence-corrected chi connectivity index (χ4v) is 1.85. The van der Waals surface area contributed by atoms with Crippen LogP contribution in [0.3, 0.4) is 0 Å². The SMILES string of the molecule is Cc1nnc(-c2cnn(C)c2)n1C(C)(C)C(=O)O. The molecule has 2 aromatic rings. The second kappa shape index (κ2) is 3.94. The van der Waals surface area contributed by atoms with Gasteiger partial charge in [-0.05, 0) is 20.8 Å². The number of carboxylic acids is 1. The molecule has 0 spiro atoms. The fourth-order valence-electron chi connectivity index (χ4n) is 1.85. The Hall–Kier alpha value is -2.18. The number of hydrogen-bond donors (Lipinski definition) is 1. The van der Waals surface area contributed by atoms with E-state index < -0.39 is 11.5 Å². The molecule has 0 amide bonds. The first-order valence-electron chi connectivity index (χ1n) is 5.49. The quantitative estimate of drug-likeness (QED) is 0.869. The lowest BCUT2D eigenvalue weighted by atomic mass is 10.0. The van der Waals surface area contributed by atoms with Crippen molar-refractivity contribution in [2.75, 3.05) is 0 Å². The van der Waals surface area contributed by atoms with Crippen molar-refractivity contribution >= 4 is 5.97 Å². The minimum atomic E-state index is -1.11. The van der Waals surface area contributed by atoms with Crippen LogP contribution < -0.4 is 0 Å². The lowest BCUT2D eigenvalue weighted by Gasteiger charge is -2.23. The minimum absolute atomic E-state index is 0.507. The summed E-state index contributed by atoms with van der Waals surface area (Å²) in [6, 6.07) is 0. The normalized spacial score (nSPS) is 11.8. The van der Waals surface area contributed by atoms with Gasteiger partial charge in [0, 0.05) is 13.2 Å². The lowest BCUT2D eigenvalue weighted by Crippen LogP contribution is -2.36. The summed E-state index contributed by atoms with van der Waals surface area (Å²) in [5.74, 6) is 0.129. The van der Waals surface area contributed by atoms with E-state index in [2.05, 4.69) is 15.3 Å². The lowest BCUT2D eigenvalue weighted by molar-refractivity contribution is -0.145. The van der Waals surface area contributed by atoms with E-state index in [1.54, 1.807) is 49.5 Å². The molecule has 0 aliphatic rings. The highest BCUT2D eigenvalue weighted by Gasteiger charge is 2.34. The molecule has 0 bridgehead atoms. The van der Waals surface area contributed by atoms with Crippen LogP contribution in [-0.2, 0) is 17.4 Å². The maximum atomic E-state index is 11.4. The Kier molecular flexibility index (Phi) is 2.68. The predicted molar refractivity (Wildman–Crippen MR) is 63.9 cm³/mol. The number of carbonyl (C=O) groups is 1. The van der Waals surface area contributed by atoms with Crippen LogP contribution >= 0.6 is 0 Å². The van der Waals surface area contributed by atoms with Gasteiger partial charge in [-0.15, -0.1) is 10.2 Å². The molecule has 0 aliphatic heterocycles. The van der Waals surface area contributed by atoms with Crippen LogP contribution in [0.2, 0.25) is 0 Å². The van der Waals surface area contributed by atoms with Gasteiger partial charge in [-0.1, -0.05) is 0 Å². The van der Waals surface area contributed by atoms with Crippen molar-refractivity contribution in [3.63, 3.8) is 0 Å². The van der Waals surface area contributed by atoms with Crippen molar-refractivity contribution in [3.05, 3.63) is 18.2 Å². The van der Waals surface area contributed by atoms with Gasteiger partial charge >= 0.3 is 5.97 Å². The number of aryl methyl sites for hydroxylation is 2. The van der Waals surface area contributed by atoms with Gasteiger partial charge in [-0.2, -0.15) is 5.10 Å². The summed E-state index contributed by atoms with van der Waals surface area (Å²) >= 11 is 0. The molecule has 2 heterocycles. The van der Waals surface area contributed by atoms with E-state index in [0.29, 0.717) is 11.6 Å². The smallest absolute Gasteiger partial charge is 0.329 e. The van der Waals surface area contributed by atoms with Crippen molar-refractivity contribution in [3.8, 4) is 11.4 Å². The second-order valence-electron chi connectivity index (χ2n) is 4.67. The number of hydrogen-bond acceptors (Lipinski definition) is 4. The number of nitrogens with zero attached hydrogens (tertiary/aromatic N) is 5. The van der Waals surface area contributed by atoms with E-state index in [9.17, 15) is 9.90 Å². The third-order valence-corrected chi connectivity index (χ3v) is 2.87. The fraction of sp³-hybridized carbons (Fsp3) is 0.455. The molecule has 2 rings (SSSR count). The molecule has 0 aromatic carbocycles. The van der Waals surface area contributed by atoms with Crippen LogP contribution in [0.4, 0.5) is 0 Å². The largest absolute Gasteiger partial charge is 0.480 e. The highest BCUT2D eigenvalue weighted by Crippen LogP contribution is 2.25. The number of carboxylic acid groups (broad SMARTS) is 1. The molecular formula is C11H15N5O2. The molecule has 0 unspecified atom stereocenters. The number of rotatable bonds is 3. The van der Waals surface area contributed by atoms with Gasteiger partial charge in [0.15, 0.2) is 5.82 Å². The zero-order chi connectivity index (χ0) is 13.5. The molecule has 0 fully saturated rings. The topological polar surface area (TPSA) is 85.8 Å². The molecule has 0 aliphatic carbocycles. The van der Waals surface area contributed by atoms with Crippen molar-refractivity contribution in [1.82, 2.24) is 24.5 Å². The molecule has 2 aromatic heterocycles. The van der Waals surface area contributed by atoms with Crippen molar-refractivity contribution in [2.24, 2.45) is 7.05 Å². The van der Waals surface area contributed by atoms with Gasteiger partial charge in [0.2, 0.25) is 0 Å². The standard InChI is InChI=1S/C11H15N5O2/c1-7-13-14-9(8-5-12-15(4)6-8)16(7)11(2,3)10(17)18/h5-6H,1-4H3,(H,17,18). The number of aromatic nitrogens is 5. The molecule has 0 radical (unpaired) electrons. The molecule has 0 saturated heterocycles. The zero-order valence-corrected chi connectivity index (χ0v) is 10.7. The Labute approximate surface area is 104 Å². The Bertz CT molecular complexity index is 596. The van der Waals surface area contributed by atoms with E-state index in [4.69, 9.17) is 0 Å². The Morgan fingerprint density at radius 1 is 1.39 bits per heavy atom. The van der Waals surface area contributed by atoms with E-state index in [1.165, 1.54) is 0 Å². The summed E-state index contributed by atoms with van der Waals surface area (Å²) in [6.45, 7) is 4.97. The summed E-state index contributed by atoms with van der Waals surface area (Å²) in [5.41, 5.74) is -0.369. The Morgan fingerprint density at radius 3 is 2.56 bits per heavy atom. The summed E-state index contributed by atoms with van der Waals surface area (Å²) < 4.78 is 3.24. The first-order chi connectivity index (χ1) is 8.34. The van der Waals surface area contributed by atoms with Crippen molar-refractivity contribution in [2.45, 2.75) is 26.3 Å². The molecule has 0 saturated carbocycles. The summed E-state index contributed by atoms with van der Waals surface area (Å²) in [4.78, 5) is 11.4. The first-order valence-corrected chi connectivity index (χ1v) is 5.49. The van der Waals surface area contributed by atoms with E-state index in [-0.39, 0.29) is 0 Å². The Balaban J connectivity index is 2.62. The van der Waals surface area contributed by atoms with E-state index >= 15 is 0 Å². The average molecular weight is 249 g/mol. The van der Waals surface area contributed by atoms with Crippen LogP contribution in [0.15, 0.2) is 12.4 Å². The van der Waals surface area contributed by atoms with Crippen LogP contribution in [0.1, 0.15) is 19.7 Å². The van der Waals surface area contributed by atoms with Crippen LogP contribution in [0.25, 0.3) is 11.4 Å². The molecule has 7 nitrogen and oxygen atoms in total. The third kappa shape index (κ3) is 1.77. The zero-order valence-electron chi connectivity index (χ0n) is 10.7. The van der Waals surface area contributed by atoms with Gasteiger partial charge < -0.3 is 5.11 Å². The van der Waals surface area contributed by atoms with Crippen LogP contribution in [-0.4, -0.2) is 35.6 Å². The van der Waals surface area contributed by atoms with Crippen molar-refractivity contribution < 1.29 is 9.90 Å². The highest BCUT2D eigenvalue weighted by atomic mass is 16.4. The highest BCUT2D eigenvalue weighted by molar-refractivity contribution is 5.77. The summed E-state index contributed by atoms with van der Waals surface area (Å²) in [6.07, 6.45) is 3.41. The maximum absolute atomic E-state index is 11.4. The van der Waals surface area contributed by atoms with Crippen molar-refractivity contribution in [1.29, 1.82) is 0 Å². The van der Waals surface area contributed by atoms with E-state index in [1.807, 2.05) is 0 Å². The van der Waals surface area contributed by atoms with E-state index in [0.717, 1.165) is 5.56 Å². The molecule has 18 heavy (non-hydrogen) atoms. The van der Waals surface area contributed by atoms with Gasteiger partial charge in [0.1, 0.15) is 11.4 Å². The van der Waals surface area contributed by atoms with Crippen LogP contribution in [0, 0.1) is 6.92 Å². The van der Waals surface area contributed by atoms with Gasteiger partial charge in [-0.3, -0.25) is 9.25 Å². The average Bonchev–Trinajstić information content (AvgIpc) is 2.84. The van der Waals surface area contributed by atoms with Gasteiger partial charge in [0.25, 0.3) is 0 Å². The summed E-state index contributed by atoms with van der Waals surface area (Å²) in [7, 11) is 1.79.